The number of hydrogen-bond acceptors (Lipinski definition) is 14. The Kier molecular flexibility index (Phi) is 18.2. The van der Waals surface area contributed by atoms with Crippen molar-refractivity contribution >= 4 is 70.7 Å². The van der Waals surface area contributed by atoms with Crippen LogP contribution in [0.2, 0.25) is 0 Å². The number of aliphatic hydroxyl groups is 1. The molecule has 0 bridgehead atoms. The van der Waals surface area contributed by atoms with Gasteiger partial charge in [-0.15, -0.1) is 0 Å². The molecule has 67 heavy (non-hydrogen) atoms. The second-order valence-corrected chi connectivity index (χ2v) is 20.1. The average molecular weight is 961 g/mol. The van der Waals surface area contributed by atoms with Gasteiger partial charge in [-0.05, 0) is 59.8 Å². The lowest BCUT2D eigenvalue weighted by Gasteiger charge is -2.32. The Hall–Kier alpha value is -5.48. The van der Waals surface area contributed by atoms with Gasteiger partial charge in [-0.3, -0.25) is 38.5 Å². The van der Waals surface area contributed by atoms with Gasteiger partial charge in [0.05, 0.1) is 30.7 Å². The number of rotatable bonds is 20. The van der Waals surface area contributed by atoms with E-state index in [0.29, 0.717) is 17.7 Å². The van der Waals surface area contributed by atoms with Gasteiger partial charge in [0.2, 0.25) is 35.4 Å². The highest BCUT2D eigenvalue weighted by molar-refractivity contribution is 7.98. The fourth-order valence-corrected chi connectivity index (χ4v) is 8.94. The van der Waals surface area contributed by atoms with Crippen LogP contribution in [0.25, 0.3) is 0 Å². The molecule has 3 aliphatic heterocycles. The van der Waals surface area contributed by atoms with E-state index in [4.69, 9.17) is 9.47 Å². The van der Waals surface area contributed by atoms with E-state index in [1.54, 1.807) is 79.0 Å². The number of fused-ring (bicyclic) bond motifs is 3. The third kappa shape index (κ3) is 14.0. The molecule has 3 aliphatic rings. The van der Waals surface area contributed by atoms with E-state index in [9.17, 15) is 53.4 Å². The molecule has 1 aromatic carbocycles. The van der Waals surface area contributed by atoms with Crippen LogP contribution in [0.5, 0.6) is 0 Å². The molecule has 4 rings (SSSR count). The van der Waals surface area contributed by atoms with Crippen molar-refractivity contribution in [3.8, 4) is 0 Å². The Labute approximate surface area is 395 Å². The van der Waals surface area contributed by atoms with Crippen molar-refractivity contribution in [2.24, 2.45) is 5.92 Å². The summed E-state index contributed by atoms with van der Waals surface area (Å²) in [5.41, 5.74) is -2.10. The van der Waals surface area contributed by atoms with E-state index < -0.39 is 131 Å². The number of ether oxygens (including phenoxy) is 2. The maximum atomic E-state index is 13.9. The quantitative estimate of drug-likeness (QED) is 0.0904. The molecule has 3 heterocycles. The van der Waals surface area contributed by atoms with Gasteiger partial charge < -0.3 is 56.5 Å². The number of para-hydroxylation sites is 1. The Morgan fingerprint density at radius 3 is 2.18 bits per heavy atom. The van der Waals surface area contributed by atoms with E-state index in [1.165, 1.54) is 18.8 Å². The zero-order chi connectivity index (χ0) is 50.2. The highest BCUT2D eigenvalue weighted by atomic mass is 32.2. The molecular weight excluding hydrogens is 893 g/mol. The number of nitrogens with one attached hydrogen (secondary N) is 6. The molecule has 372 valence electrons. The topological polar surface area (TPSA) is 291 Å². The van der Waals surface area contributed by atoms with Crippen LogP contribution < -0.4 is 31.9 Å². The second kappa shape index (κ2) is 22.5. The summed E-state index contributed by atoms with van der Waals surface area (Å²) in [5, 5.41) is 37.6. The molecule has 0 saturated carbocycles. The first-order valence-corrected chi connectivity index (χ1v) is 23.8. The maximum Gasteiger partial charge on any atom is 0.412 e. The number of amides is 7. The number of ketones is 1. The summed E-state index contributed by atoms with van der Waals surface area (Å²) >= 11 is 1.20. The monoisotopic (exact) mass is 960 g/mol. The van der Waals surface area contributed by atoms with Gasteiger partial charge in [0.1, 0.15) is 41.5 Å². The molecule has 21 nitrogen and oxygen atoms in total. The second-order valence-electron chi connectivity index (χ2n) is 19.2. The fraction of sp³-hybridized carbons (Fsp3) is 0.667. The minimum absolute atomic E-state index is 0.00179. The molecule has 8 N–H and O–H groups in total. The smallest absolute Gasteiger partial charge is 0.412 e. The number of thioether (sulfide) groups is 1. The van der Waals surface area contributed by atoms with Gasteiger partial charge >= 0.3 is 12.1 Å². The number of benzene rings is 1. The first kappa shape index (κ1) is 54.1. The molecule has 22 heteroatoms. The van der Waals surface area contributed by atoms with E-state index in [2.05, 4.69) is 31.9 Å². The Morgan fingerprint density at radius 2 is 1.58 bits per heavy atom. The minimum atomic E-state index is -1.64. The van der Waals surface area contributed by atoms with E-state index in [0.717, 1.165) is 9.80 Å². The lowest BCUT2D eigenvalue weighted by atomic mass is 9.91. The molecule has 0 aliphatic carbocycles. The summed E-state index contributed by atoms with van der Waals surface area (Å²) in [5.74, 6) is -6.52. The molecule has 1 aromatic rings. The molecule has 2 unspecified atom stereocenters. The van der Waals surface area contributed by atoms with Crippen LogP contribution in [0.3, 0.4) is 0 Å². The Morgan fingerprint density at radius 1 is 0.910 bits per heavy atom. The lowest BCUT2D eigenvalue weighted by Crippen LogP contribution is -2.57. The van der Waals surface area contributed by atoms with Crippen LogP contribution in [-0.4, -0.2) is 159 Å². The highest BCUT2D eigenvalue weighted by Crippen LogP contribution is 2.49. The number of likely N-dealkylation sites (tertiary alicyclic amines) is 2. The number of Topliss-reactive ketones (excluding diaryl/α,β-unsaturated/α-hetero) is 1. The van der Waals surface area contributed by atoms with Crippen molar-refractivity contribution in [2.45, 2.75) is 153 Å². The predicted molar refractivity (Wildman–Crippen MR) is 246 cm³/mol. The molecule has 0 radical (unpaired) electrons. The average Bonchev–Trinajstić information content (AvgIpc) is 3.89. The number of carboxylic acids is 1. The lowest BCUT2D eigenvalue weighted by molar-refractivity contribution is -0.149. The van der Waals surface area contributed by atoms with Crippen LogP contribution in [0.15, 0.2) is 24.3 Å². The Bertz CT molecular complexity index is 2040. The highest BCUT2D eigenvalue weighted by Gasteiger charge is 2.61. The van der Waals surface area contributed by atoms with Gasteiger partial charge in [0.25, 0.3) is 0 Å². The minimum Gasteiger partial charge on any atom is -0.480 e. The van der Waals surface area contributed by atoms with Crippen LogP contribution in [0, 0.1) is 5.92 Å². The van der Waals surface area contributed by atoms with Crippen molar-refractivity contribution in [3.63, 3.8) is 0 Å². The number of carbonyl (C=O) groups is 9. The maximum absolute atomic E-state index is 13.9. The molecular formula is C45H68N8O13S. The zero-order valence-electron chi connectivity index (χ0n) is 40.0. The van der Waals surface area contributed by atoms with Crippen molar-refractivity contribution in [1.82, 2.24) is 36.4 Å². The molecule has 0 aromatic heterocycles. The molecule has 7 amide bonds. The van der Waals surface area contributed by atoms with Crippen LogP contribution in [-0.2, 0) is 53.4 Å². The first-order chi connectivity index (χ1) is 31.2. The van der Waals surface area contributed by atoms with Crippen molar-refractivity contribution in [3.05, 3.63) is 29.8 Å². The summed E-state index contributed by atoms with van der Waals surface area (Å²) in [6.07, 6.45) is -1.81. The summed E-state index contributed by atoms with van der Waals surface area (Å²) in [7, 11) is 1.34. The van der Waals surface area contributed by atoms with E-state index in [1.807, 2.05) is 6.92 Å². The van der Waals surface area contributed by atoms with Crippen LogP contribution >= 0.6 is 11.8 Å². The summed E-state index contributed by atoms with van der Waals surface area (Å²) in [6, 6.07) is 0.649. The number of anilines is 1. The summed E-state index contributed by atoms with van der Waals surface area (Å²) in [4.78, 5) is 122. The molecule has 9 atom stereocenters. The summed E-state index contributed by atoms with van der Waals surface area (Å²) < 4.78 is 11.6. The standard InChI is InChI=1S/C45H68N8O13S/c1-11-24(2)36(51-35(57)21-47-38(59)31-20-45(64)26-14-12-13-15-27(26)50-41(45)53(31)42(63)66-44(6,7)8)32(54)16-17-33(55)48-29(23-67-10)37(58)49-28(19-34(56)46-9)39(60)52-22-25(65-43(3,4)5)18-30(52)40(61)62/h12-15,24-25,28-31,36,41,50,64H,11,16-23H2,1-10H3,(H,46,56)(H,47,59)(H,48,55)(H,49,58)(H,51,57)(H,61,62)/t24-,25+,28-,29-,30-,31?,36-,41?,45-/m0/s1. The number of hydrogen-bond donors (Lipinski definition) is 8. The largest absolute Gasteiger partial charge is 0.480 e. The number of carboxylic acid groups (broad SMARTS) is 1. The van der Waals surface area contributed by atoms with Crippen LogP contribution in [0.1, 0.15) is 99.5 Å². The van der Waals surface area contributed by atoms with Crippen molar-refractivity contribution in [2.75, 3.05) is 37.5 Å². The number of aliphatic carboxylic acids is 1. The SMILES string of the molecule is CC[C@H](C)[C@H](NC(=O)CNC(=O)C1C[C@]2(O)c3ccccc3NC2N1C(=O)OC(C)(C)C)C(=O)CCC(=O)N[C@@H](CSC)C(=O)N[C@@H](CC(=O)NC)C(=O)N1C[C@H](OC(C)(C)C)C[C@H]1C(=O)O. The van der Waals surface area contributed by atoms with Gasteiger partial charge in [0.15, 0.2) is 5.78 Å². The predicted octanol–water partition coefficient (Wildman–Crippen LogP) is 0.970. The van der Waals surface area contributed by atoms with Crippen molar-refractivity contribution < 1.29 is 62.8 Å². The van der Waals surface area contributed by atoms with Crippen molar-refractivity contribution in [1.29, 1.82) is 0 Å². The normalized spacial score (nSPS) is 22.7. The van der Waals surface area contributed by atoms with Gasteiger partial charge in [-0.2, -0.15) is 11.8 Å². The summed E-state index contributed by atoms with van der Waals surface area (Å²) in [6.45, 7) is 13.2. The zero-order valence-corrected chi connectivity index (χ0v) is 40.8. The van der Waals surface area contributed by atoms with E-state index in [-0.39, 0.29) is 38.0 Å². The third-order valence-electron chi connectivity index (χ3n) is 11.7. The first-order valence-electron chi connectivity index (χ1n) is 22.4. The van der Waals surface area contributed by atoms with Gasteiger partial charge in [-0.25, -0.2) is 9.59 Å². The fourth-order valence-electron chi connectivity index (χ4n) is 8.38. The number of nitrogens with zero attached hydrogens (tertiary/aromatic N) is 2. The van der Waals surface area contributed by atoms with Gasteiger partial charge in [0, 0.05) is 56.3 Å². The van der Waals surface area contributed by atoms with Gasteiger partial charge in [-0.1, -0.05) is 38.5 Å². The van der Waals surface area contributed by atoms with Crippen LogP contribution in [0.4, 0.5) is 10.5 Å². The molecule has 0 spiro atoms. The molecule has 2 fully saturated rings. The Balaban J connectivity index is 1.38. The third-order valence-corrected chi connectivity index (χ3v) is 12.3. The molecule has 2 saturated heterocycles. The van der Waals surface area contributed by atoms with E-state index >= 15 is 0 Å². The number of carbonyl (C=O) groups excluding carboxylic acids is 8.